The van der Waals surface area contributed by atoms with E-state index in [2.05, 4.69) is 64.5 Å². The maximum Gasteiger partial charge on any atom is 0.123 e. The molecule has 0 unspecified atom stereocenters. The van der Waals surface area contributed by atoms with E-state index < -0.39 is 10.0 Å². The number of pyridine rings is 1. The Bertz CT molecular complexity index is 1220. The summed E-state index contributed by atoms with van der Waals surface area (Å²) in [5.74, 6) is 2.39. The molecular weight excluding hydrogens is 479 g/mol. The van der Waals surface area contributed by atoms with Crippen LogP contribution in [0.1, 0.15) is 30.4 Å². The minimum atomic E-state index is -0.394. The Morgan fingerprint density at radius 3 is 2.41 bits per heavy atom. The Balaban J connectivity index is 1.31. The van der Waals surface area contributed by atoms with Gasteiger partial charge < -0.3 is 10.2 Å². The van der Waals surface area contributed by atoms with Crippen molar-refractivity contribution >= 4 is 26.6 Å². The molecule has 2 aliphatic heterocycles. The lowest BCUT2D eigenvalue weighted by molar-refractivity contribution is 0.221. The van der Waals surface area contributed by atoms with Gasteiger partial charge in [-0.15, -0.1) is 0 Å². The molecule has 6 heteroatoms. The van der Waals surface area contributed by atoms with Gasteiger partial charge in [-0.25, -0.2) is 19.4 Å². The molecule has 0 amide bonds. The van der Waals surface area contributed by atoms with Crippen molar-refractivity contribution in [3.63, 3.8) is 0 Å². The summed E-state index contributed by atoms with van der Waals surface area (Å²) in [5, 5.41) is 4.32. The molecule has 2 fully saturated rings. The minimum Gasteiger partial charge on any atom is -0.384 e. The molecule has 37 heavy (non-hydrogen) atoms. The number of rotatable bonds is 8. The Hall–Kier alpha value is -2.41. The zero-order valence-electron chi connectivity index (χ0n) is 22.4. The predicted octanol–water partition coefficient (Wildman–Crippen LogP) is 5.97. The van der Waals surface area contributed by atoms with E-state index in [0.29, 0.717) is 0 Å². The maximum atomic E-state index is 14.2. The highest BCUT2D eigenvalue weighted by molar-refractivity contribution is 8.32. The van der Waals surface area contributed by atoms with Gasteiger partial charge in [0.15, 0.2) is 0 Å². The van der Waals surface area contributed by atoms with Gasteiger partial charge in [0.2, 0.25) is 0 Å². The molecule has 4 nitrogen and oxygen atoms in total. The highest BCUT2D eigenvalue weighted by atomic mass is 32.3. The molecule has 2 aromatic carbocycles. The average Bonchev–Trinajstić information content (AvgIpc) is 2.90. The third-order valence-electron chi connectivity index (χ3n) is 7.89. The number of nitrogens with one attached hydrogen (secondary N) is 1. The van der Waals surface area contributed by atoms with Crippen molar-refractivity contribution in [2.24, 2.45) is 0 Å². The number of aromatic nitrogens is 1. The van der Waals surface area contributed by atoms with Crippen LogP contribution >= 0.6 is 10.0 Å². The fourth-order valence-corrected chi connectivity index (χ4v) is 7.11. The third kappa shape index (κ3) is 6.73. The van der Waals surface area contributed by atoms with Crippen LogP contribution in [0.25, 0.3) is 27.9 Å². The fraction of sp³-hybridized carbons (Fsp3) is 0.452. The third-order valence-corrected chi connectivity index (χ3v) is 10.5. The summed E-state index contributed by atoms with van der Waals surface area (Å²) in [6, 6.07) is 15.7. The molecule has 198 valence electrons. The first-order valence-corrected chi connectivity index (χ1v) is 16.4. The summed E-state index contributed by atoms with van der Waals surface area (Å²) < 4.78 is 14.2. The number of hydrogen-bond donors (Lipinski definition) is 1. The van der Waals surface area contributed by atoms with E-state index in [9.17, 15) is 4.39 Å². The molecular formula is C31H41FN4S. The minimum absolute atomic E-state index is 0.253. The molecule has 0 radical (unpaired) electrons. The van der Waals surface area contributed by atoms with Crippen LogP contribution in [-0.2, 0) is 6.54 Å². The summed E-state index contributed by atoms with van der Waals surface area (Å²) in [5.41, 5.74) is 5.83. The lowest BCUT2D eigenvalue weighted by atomic mass is 10.0. The Morgan fingerprint density at radius 2 is 1.68 bits per heavy atom. The monoisotopic (exact) mass is 520 g/mol. The molecule has 0 bridgehead atoms. The topological polar surface area (TPSA) is 31.4 Å². The number of benzene rings is 2. The predicted molar refractivity (Wildman–Crippen MR) is 159 cm³/mol. The number of piperidine rings is 1. The summed E-state index contributed by atoms with van der Waals surface area (Å²) in [7, 11) is -0.394. The number of hydrogen-bond acceptors (Lipinski definition) is 4. The van der Waals surface area contributed by atoms with Gasteiger partial charge in [0.25, 0.3) is 0 Å². The molecule has 3 heterocycles. The first-order chi connectivity index (χ1) is 17.9. The first kappa shape index (κ1) is 26.2. The zero-order valence-corrected chi connectivity index (χ0v) is 23.3. The van der Waals surface area contributed by atoms with Crippen molar-refractivity contribution in [1.29, 1.82) is 0 Å². The Kier molecular flexibility index (Phi) is 8.18. The van der Waals surface area contributed by atoms with Crippen molar-refractivity contribution in [2.75, 3.05) is 63.3 Å². The van der Waals surface area contributed by atoms with Crippen molar-refractivity contribution in [3.05, 3.63) is 72.1 Å². The summed E-state index contributed by atoms with van der Waals surface area (Å²) >= 11 is 0. The molecule has 5 rings (SSSR count). The van der Waals surface area contributed by atoms with Crippen molar-refractivity contribution in [2.45, 2.75) is 25.8 Å². The standard InChI is InChI=1S/C31H41FN4S/c1-24(33-13-16-35-17-19-37(2,3)20-18-35)28-22-31(34-30-12-11-27(32)21-29(28)30)26-9-7-25(8-10-26)23-36-14-5-4-6-15-36/h7-12,21-22,33H,1,4-6,13-20,23H2,2-3H3. The van der Waals surface area contributed by atoms with Gasteiger partial charge in [0.1, 0.15) is 5.82 Å². The van der Waals surface area contributed by atoms with Crippen LogP contribution in [0, 0.1) is 5.82 Å². The molecule has 3 aromatic rings. The molecule has 1 N–H and O–H groups in total. The SMILES string of the molecule is C=C(NCCN1CCS(C)(C)CC1)c1cc(-c2ccc(CN3CCCCC3)cc2)nc2ccc(F)cc12. The van der Waals surface area contributed by atoms with Crippen LogP contribution in [0.2, 0.25) is 0 Å². The normalized spacial score (nSPS) is 19.5. The summed E-state index contributed by atoms with van der Waals surface area (Å²) in [6.07, 6.45) is 8.85. The second-order valence-corrected chi connectivity index (χ2v) is 15.5. The maximum absolute atomic E-state index is 14.2. The smallest absolute Gasteiger partial charge is 0.123 e. The van der Waals surface area contributed by atoms with Crippen LogP contribution in [0.3, 0.4) is 0 Å². The van der Waals surface area contributed by atoms with Gasteiger partial charge in [-0.05, 0) is 79.8 Å². The van der Waals surface area contributed by atoms with E-state index in [1.54, 1.807) is 12.1 Å². The molecule has 1 aromatic heterocycles. The number of likely N-dealkylation sites (tertiary alicyclic amines) is 1. The van der Waals surface area contributed by atoms with E-state index in [0.717, 1.165) is 53.1 Å². The lowest BCUT2D eigenvalue weighted by Gasteiger charge is -2.41. The molecule has 0 spiro atoms. The van der Waals surface area contributed by atoms with E-state index >= 15 is 0 Å². The molecule has 2 aliphatic rings. The largest absolute Gasteiger partial charge is 0.384 e. The quantitative estimate of drug-likeness (QED) is 0.397. The van der Waals surface area contributed by atoms with Gasteiger partial charge >= 0.3 is 0 Å². The van der Waals surface area contributed by atoms with Crippen LogP contribution in [0.15, 0.2) is 55.1 Å². The molecule has 0 saturated carbocycles. The second kappa shape index (κ2) is 11.5. The van der Waals surface area contributed by atoms with Crippen molar-refractivity contribution < 1.29 is 4.39 Å². The lowest BCUT2D eigenvalue weighted by Crippen LogP contribution is -2.41. The van der Waals surface area contributed by atoms with Gasteiger partial charge in [0.05, 0.1) is 11.2 Å². The van der Waals surface area contributed by atoms with Crippen LogP contribution in [0.5, 0.6) is 0 Å². The van der Waals surface area contributed by atoms with Crippen LogP contribution in [0.4, 0.5) is 4.39 Å². The van der Waals surface area contributed by atoms with Gasteiger partial charge in [-0.1, -0.05) is 37.3 Å². The summed E-state index contributed by atoms with van der Waals surface area (Å²) in [6.45, 7) is 11.9. The average molecular weight is 521 g/mol. The number of halogens is 1. The first-order valence-electron chi connectivity index (χ1n) is 13.6. The zero-order chi connectivity index (χ0) is 25.8. The van der Waals surface area contributed by atoms with Gasteiger partial charge in [-0.2, -0.15) is 0 Å². The van der Waals surface area contributed by atoms with Gasteiger partial charge in [0, 0.05) is 54.9 Å². The highest BCUT2D eigenvalue weighted by Crippen LogP contribution is 2.41. The fourth-order valence-electron chi connectivity index (χ4n) is 5.40. The van der Waals surface area contributed by atoms with Crippen LogP contribution < -0.4 is 5.32 Å². The second-order valence-electron chi connectivity index (χ2n) is 11.2. The molecule has 0 atom stereocenters. The van der Waals surface area contributed by atoms with E-state index in [1.807, 2.05) is 0 Å². The Morgan fingerprint density at radius 1 is 0.946 bits per heavy atom. The highest BCUT2D eigenvalue weighted by Gasteiger charge is 2.21. The van der Waals surface area contributed by atoms with E-state index in [4.69, 9.17) is 4.98 Å². The van der Waals surface area contributed by atoms with E-state index in [-0.39, 0.29) is 5.82 Å². The van der Waals surface area contributed by atoms with Crippen molar-refractivity contribution in [1.82, 2.24) is 20.1 Å². The number of nitrogens with zero attached hydrogens (tertiary/aromatic N) is 3. The molecule has 2 saturated heterocycles. The summed E-state index contributed by atoms with van der Waals surface area (Å²) in [4.78, 5) is 9.97. The van der Waals surface area contributed by atoms with Gasteiger partial charge in [-0.3, -0.25) is 4.90 Å². The Labute approximate surface area is 223 Å². The van der Waals surface area contributed by atoms with Crippen LogP contribution in [-0.4, -0.2) is 78.1 Å². The number of fused-ring (bicyclic) bond motifs is 1. The molecule has 0 aliphatic carbocycles. The van der Waals surface area contributed by atoms with E-state index in [1.165, 1.54) is 68.6 Å². The van der Waals surface area contributed by atoms with Crippen molar-refractivity contribution in [3.8, 4) is 11.3 Å².